The zero-order chi connectivity index (χ0) is 20.7. The summed E-state index contributed by atoms with van der Waals surface area (Å²) in [6.45, 7) is 7.86. The quantitative estimate of drug-likeness (QED) is 0.689. The van der Waals surface area contributed by atoms with Crippen molar-refractivity contribution in [2.45, 2.75) is 26.4 Å². The van der Waals surface area contributed by atoms with E-state index in [1.807, 2.05) is 47.0 Å². The summed E-state index contributed by atoms with van der Waals surface area (Å²) in [5.74, 6) is 0.278. The van der Waals surface area contributed by atoms with E-state index < -0.39 is 5.60 Å². The number of hydrogen-bond acceptors (Lipinski definition) is 7. The van der Waals surface area contributed by atoms with Crippen LogP contribution < -0.4 is 9.64 Å². The summed E-state index contributed by atoms with van der Waals surface area (Å²) in [7, 11) is 3.69. The Labute approximate surface area is 166 Å². The molecule has 0 saturated carbocycles. The Balaban J connectivity index is 1.94. The maximum Gasteiger partial charge on any atom is 0.410 e. The largest absolute Gasteiger partial charge is 0.468 e. The number of amides is 1. The lowest BCUT2D eigenvalue weighted by molar-refractivity contribution is -0.116. The van der Waals surface area contributed by atoms with Crippen LogP contribution in [0.5, 0.6) is 5.88 Å². The van der Waals surface area contributed by atoms with Crippen molar-refractivity contribution in [3.8, 4) is 5.88 Å². The molecule has 1 aliphatic rings. The molecule has 154 valence electrons. The molecule has 0 bridgehead atoms. The van der Waals surface area contributed by atoms with E-state index in [0.29, 0.717) is 32.1 Å². The molecule has 0 radical (unpaired) electrons. The molecular weight excluding hydrogens is 360 g/mol. The number of rotatable bonds is 6. The first kappa shape index (κ1) is 21.5. The summed E-state index contributed by atoms with van der Waals surface area (Å²) < 4.78 is 11.1. The second-order valence-corrected chi connectivity index (χ2v) is 7.82. The summed E-state index contributed by atoms with van der Waals surface area (Å²) in [5, 5.41) is 0. The Kier molecular flexibility index (Phi) is 7.25. The number of ketones is 1. The van der Waals surface area contributed by atoms with Gasteiger partial charge in [-0.3, -0.25) is 4.79 Å². The van der Waals surface area contributed by atoms with Crippen LogP contribution in [-0.4, -0.2) is 79.1 Å². The molecule has 1 aromatic rings. The highest BCUT2D eigenvalue weighted by Crippen LogP contribution is 2.26. The van der Waals surface area contributed by atoms with E-state index in [1.165, 1.54) is 6.08 Å². The van der Waals surface area contributed by atoms with Crippen LogP contribution in [-0.2, 0) is 9.53 Å². The van der Waals surface area contributed by atoms with Gasteiger partial charge < -0.3 is 24.2 Å². The summed E-state index contributed by atoms with van der Waals surface area (Å²) in [6.07, 6.45) is 4.49. The van der Waals surface area contributed by atoms with Gasteiger partial charge in [-0.15, -0.1) is 0 Å². The highest BCUT2D eigenvalue weighted by Gasteiger charge is 2.27. The monoisotopic (exact) mass is 390 g/mol. The van der Waals surface area contributed by atoms with Gasteiger partial charge in [0.1, 0.15) is 11.3 Å². The van der Waals surface area contributed by atoms with E-state index in [0.717, 1.165) is 5.69 Å². The topological polar surface area (TPSA) is 75.2 Å². The number of hydrogen-bond donors (Lipinski definition) is 0. The third kappa shape index (κ3) is 6.75. The molecule has 1 aliphatic heterocycles. The van der Waals surface area contributed by atoms with Crippen LogP contribution in [0.3, 0.4) is 0 Å². The van der Waals surface area contributed by atoms with Crippen LogP contribution in [0.25, 0.3) is 0 Å². The molecule has 1 aromatic heterocycles. The SMILES string of the molecule is CN(C)C=CC(=O)COc1ncccc1N1CCN(C(=O)OC(C)(C)C)CC1. The summed E-state index contributed by atoms with van der Waals surface area (Å²) in [6, 6.07) is 3.74. The van der Waals surface area contributed by atoms with Crippen molar-refractivity contribution in [1.82, 2.24) is 14.8 Å². The Morgan fingerprint density at radius 2 is 1.89 bits per heavy atom. The number of anilines is 1. The van der Waals surface area contributed by atoms with E-state index in [9.17, 15) is 9.59 Å². The third-order valence-corrected chi connectivity index (χ3v) is 3.93. The van der Waals surface area contributed by atoms with Crippen LogP contribution in [0, 0.1) is 0 Å². The number of ether oxygens (including phenoxy) is 2. The number of aromatic nitrogens is 1. The number of nitrogens with zero attached hydrogens (tertiary/aromatic N) is 4. The van der Waals surface area contributed by atoms with Crippen molar-refractivity contribution in [3.05, 3.63) is 30.6 Å². The van der Waals surface area contributed by atoms with Crippen molar-refractivity contribution in [3.63, 3.8) is 0 Å². The van der Waals surface area contributed by atoms with Crippen molar-refractivity contribution in [1.29, 1.82) is 0 Å². The highest BCUT2D eigenvalue weighted by atomic mass is 16.6. The van der Waals surface area contributed by atoms with Crippen molar-refractivity contribution in [2.75, 3.05) is 51.8 Å². The Bertz CT molecular complexity index is 704. The number of carbonyl (C=O) groups excluding carboxylic acids is 2. The van der Waals surface area contributed by atoms with Gasteiger partial charge in [0.15, 0.2) is 12.4 Å². The van der Waals surface area contributed by atoms with Crippen LogP contribution in [0.4, 0.5) is 10.5 Å². The molecule has 0 N–H and O–H groups in total. The van der Waals surface area contributed by atoms with E-state index in [-0.39, 0.29) is 18.5 Å². The Morgan fingerprint density at radius 1 is 1.21 bits per heavy atom. The molecule has 8 nitrogen and oxygen atoms in total. The number of carbonyl (C=O) groups is 2. The lowest BCUT2D eigenvalue weighted by Crippen LogP contribution is -2.50. The summed E-state index contributed by atoms with van der Waals surface area (Å²) in [4.78, 5) is 34.0. The fraction of sp³-hybridized carbons (Fsp3) is 0.550. The first-order chi connectivity index (χ1) is 13.2. The molecule has 0 unspecified atom stereocenters. The van der Waals surface area contributed by atoms with Gasteiger partial charge in [-0.1, -0.05) is 0 Å². The molecule has 28 heavy (non-hydrogen) atoms. The normalized spacial score (nSPS) is 14.9. The van der Waals surface area contributed by atoms with Gasteiger partial charge in [0.05, 0.1) is 0 Å². The first-order valence-electron chi connectivity index (χ1n) is 9.34. The fourth-order valence-electron chi connectivity index (χ4n) is 2.61. The van der Waals surface area contributed by atoms with E-state index >= 15 is 0 Å². The molecule has 1 amide bonds. The molecule has 0 atom stereocenters. The molecular formula is C20H30N4O4. The van der Waals surface area contributed by atoms with E-state index in [1.54, 1.807) is 22.2 Å². The lowest BCUT2D eigenvalue weighted by atomic mass is 10.2. The molecule has 0 aliphatic carbocycles. The van der Waals surface area contributed by atoms with Gasteiger partial charge in [-0.2, -0.15) is 0 Å². The molecule has 2 rings (SSSR count). The maximum atomic E-state index is 12.2. The van der Waals surface area contributed by atoms with Crippen LogP contribution in [0.2, 0.25) is 0 Å². The molecule has 1 saturated heterocycles. The molecule has 0 spiro atoms. The van der Waals surface area contributed by atoms with Crippen molar-refractivity contribution in [2.24, 2.45) is 0 Å². The zero-order valence-corrected chi connectivity index (χ0v) is 17.3. The first-order valence-corrected chi connectivity index (χ1v) is 9.34. The number of pyridine rings is 1. The van der Waals surface area contributed by atoms with Gasteiger partial charge in [-0.05, 0) is 32.9 Å². The molecule has 0 aromatic carbocycles. The minimum atomic E-state index is -0.508. The summed E-state index contributed by atoms with van der Waals surface area (Å²) in [5.41, 5.74) is 0.308. The highest BCUT2D eigenvalue weighted by molar-refractivity contribution is 5.90. The standard InChI is InChI=1S/C20H30N4O4/c1-20(2,3)28-19(26)24-13-11-23(12-14-24)17-7-6-9-21-18(17)27-15-16(25)8-10-22(4)5/h6-10H,11-15H2,1-5H3. The molecule has 1 fully saturated rings. The van der Waals surface area contributed by atoms with Gasteiger partial charge in [0, 0.05) is 58.7 Å². The van der Waals surface area contributed by atoms with Crippen molar-refractivity contribution < 1.29 is 19.1 Å². The van der Waals surface area contributed by atoms with Crippen LogP contribution in [0.1, 0.15) is 20.8 Å². The van der Waals surface area contributed by atoms with E-state index in [4.69, 9.17) is 9.47 Å². The van der Waals surface area contributed by atoms with Crippen LogP contribution in [0.15, 0.2) is 30.6 Å². The second kappa shape index (κ2) is 9.43. The average Bonchev–Trinajstić information content (AvgIpc) is 2.63. The van der Waals surface area contributed by atoms with Gasteiger partial charge in [-0.25, -0.2) is 9.78 Å². The zero-order valence-electron chi connectivity index (χ0n) is 17.3. The van der Waals surface area contributed by atoms with E-state index in [2.05, 4.69) is 9.88 Å². The predicted molar refractivity (Wildman–Crippen MR) is 108 cm³/mol. The van der Waals surface area contributed by atoms with Crippen molar-refractivity contribution >= 4 is 17.6 Å². The Morgan fingerprint density at radius 3 is 2.50 bits per heavy atom. The molecule has 8 heteroatoms. The van der Waals surface area contributed by atoms with Gasteiger partial charge in [0.25, 0.3) is 0 Å². The second-order valence-electron chi connectivity index (χ2n) is 7.82. The maximum absolute atomic E-state index is 12.2. The minimum Gasteiger partial charge on any atom is -0.468 e. The number of piperazine rings is 1. The summed E-state index contributed by atoms with van der Waals surface area (Å²) >= 11 is 0. The lowest BCUT2D eigenvalue weighted by Gasteiger charge is -2.36. The van der Waals surface area contributed by atoms with Gasteiger partial charge >= 0.3 is 6.09 Å². The van der Waals surface area contributed by atoms with Crippen LogP contribution >= 0.6 is 0 Å². The minimum absolute atomic E-state index is 0.0772. The predicted octanol–water partition coefficient (Wildman–Crippen LogP) is 2.16. The third-order valence-electron chi connectivity index (χ3n) is 3.93. The Hall–Kier alpha value is -2.77. The van der Waals surface area contributed by atoms with Gasteiger partial charge in [0.2, 0.25) is 5.88 Å². The smallest absolute Gasteiger partial charge is 0.410 e. The molecule has 2 heterocycles. The average molecular weight is 390 g/mol. The fourth-order valence-corrected chi connectivity index (χ4v) is 2.61.